The summed E-state index contributed by atoms with van der Waals surface area (Å²) < 4.78 is 46.6. The summed E-state index contributed by atoms with van der Waals surface area (Å²) in [5.41, 5.74) is 1.10. The number of alkyl halides is 3. The molecule has 0 saturated heterocycles. The summed E-state index contributed by atoms with van der Waals surface area (Å²) in [7, 11) is 1.47. The normalized spacial score (nSPS) is 12.2. The lowest BCUT2D eigenvalue weighted by molar-refractivity contribution is -0.137. The first-order valence-electron chi connectivity index (χ1n) is 12.5. The van der Waals surface area contributed by atoms with E-state index in [0.717, 1.165) is 6.20 Å². The summed E-state index contributed by atoms with van der Waals surface area (Å²) in [4.78, 5) is 35.1. The van der Waals surface area contributed by atoms with Gasteiger partial charge in [-0.15, -0.1) is 0 Å². The van der Waals surface area contributed by atoms with Gasteiger partial charge in [-0.3, -0.25) is 4.79 Å². The molecule has 0 aliphatic rings. The van der Waals surface area contributed by atoms with Gasteiger partial charge in [0.2, 0.25) is 5.95 Å². The number of ether oxygens (including phenoxy) is 1. The van der Waals surface area contributed by atoms with Crippen LogP contribution in [0.15, 0.2) is 47.5 Å². The fraction of sp³-hybridized carbons (Fsp3) is 0.407. The second kappa shape index (κ2) is 12.6. The van der Waals surface area contributed by atoms with Crippen molar-refractivity contribution in [3.05, 3.63) is 64.2 Å². The summed E-state index contributed by atoms with van der Waals surface area (Å²) in [6.45, 7) is 7.10. The fourth-order valence-electron chi connectivity index (χ4n) is 4.18. The van der Waals surface area contributed by atoms with E-state index in [0.29, 0.717) is 42.1 Å². The van der Waals surface area contributed by atoms with E-state index in [2.05, 4.69) is 15.3 Å². The molecule has 0 saturated carbocycles. The minimum absolute atomic E-state index is 0.0448. The predicted molar refractivity (Wildman–Crippen MR) is 142 cm³/mol. The largest absolute Gasteiger partial charge is 0.496 e. The molecular formula is C27H32F3N5O4. The number of carboxylic acids is 1. The van der Waals surface area contributed by atoms with Gasteiger partial charge in [-0.1, -0.05) is 24.3 Å². The number of halogens is 3. The number of aliphatic carboxylic acids is 1. The van der Waals surface area contributed by atoms with Crippen LogP contribution in [0, 0.1) is 0 Å². The molecule has 0 amide bonds. The zero-order chi connectivity index (χ0) is 28.7. The van der Waals surface area contributed by atoms with Crippen molar-refractivity contribution >= 4 is 17.7 Å². The molecule has 12 heteroatoms. The minimum Gasteiger partial charge on any atom is -0.496 e. The topological polar surface area (TPSA) is 110 Å². The number of carbonyl (C=O) groups is 1. The van der Waals surface area contributed by atoms with Gasteiger partial charge in [0.1, 0.15) is 17.6 Å². The Balaban J connectivity index is 1.92. The maximum Gasteiger partial charge on any atom is 0.393 e. The molecule has 9 nitrogen and oxygen atoms in total. The van der Waals surface area contributed by atoms with Crippen molar-refractivity contribution in [1.29, 1.82) is 0 Å². The van der Waals surface area contributed by atoms with Gasteiger partial charge in [0.15, 0.2) is 0 Å². The Morgan fingerprint density at radius 2 is 1.82 bits per heavy atom. The molecule has 0 spiro atoms. The monoisotopic (exact) mass is 547 g/mol. The number of pyridine rings is 1. The highest BCUT2D eigenvalue weighted by Gasteiger charge is 2.31. The number of aryl methyl sites for hydroxylation is 1. The Morgan fingerprint density at radius 1 is 1.15 bits per heavy atom. The molecule has 210 valence electrons. The average molecular weight is 548 g/mol. The van der Waals surface area contributed by atoms with E-state index in [1.54, 1.807) is 46.0 Å². The first kappa shape index (κ1) is 29.5. The minimum atomic E-state index is -4.53. The van der Waals surface area contributed by atoms with Gasteiger partial charge < -0.3 is 24.6 Å². The lowest BCUT2D eigenvalue weighted by Crippen LogP contribution is -2.33. The van der Waals surface area contributed by atoms with Gasteiger partial charge >= 0.3 is 12.1 Å². The highest BCUT2D eigenvalue weighted by molar-refractivity contribution is 5.78. The number of nitrogens with one attached hydrogen (secondary N) is 1. The van der Waals surface area contributed by atoms with Gasteiger partial charge in [-0.05, 0) is 38.0 Å². The van der Waals surface area contributed by atoms with E-state index in [-0.39, 0.29) is 29.3 Å². The third-order valence-electron chi connectivity index (χ3n) is 6.27. The van der Waals surface area contributed by atoms with Gasteiger partial charge in [0.05, 0.1) is 19.1 Å². The van der Waals surface area contributed by atoms with Gasteiger partial charge in [0.25, 0.3) is 5.56 Å². The second-order valence-corrected chi connectivity index (χ2v) is 8.79. The van der Waals surface area contributed by atoms with Crippen LogP contribution in [0.5, 0.6) is 5.75 Å². The number of aromatic nitrogens is 3. The Hall–Kier alpha value is -4.09. The summed E-state index contributed by atoms with van der Waals surface area (Å²) in [5, 5.41) is 12.6. The maximum atomic E-state index is 13.2. The molecule has 1 atom stereocenters. The van der Waals surface area contributed by atoms with E-state index < -0.39 is 24.6 Å². The number of anilines is 2. The van der Waals surface area contributed by atoms with E-state index in [9.17, 15) is 27.9 Å². The zero-order valence-corrected chi connectivity index (χ0v) is 22.2. The Labute approximate surface area is 224 Å². The van der Waals surface area contributed by atoms with Crippen molar-refractivity contribution in [2.75, 3.05) is 30.4 Å². The number of hydrogen-bond donors (Lipinski definition) is 2. The first-order chi connectivity index (χ1) is 18.5. The highest BCUT2D eigenvalue weighted by Crippen LogP contribution is 2.28. The lowest BCUT2D eigenvalue weighted by atomic mass is 10.0. The van der Waals surface area contributed by atoms with E-state index in [4.69, 9.17) is 4.74 Å². The Bertz CT molecular complexity index is 1340. The lowest BCUT2D eigenvalue weighted by Gasteiger charge is -2.22. The summed E-state index contributed by atoms with van der Waals surface area (Å²) in [6, 6.07) is 7.15. The molecule has 0 bridgehead atoms. The van der Waals surface area contributed by atoms with Crippen molar-refractivity contribution in [2.45, 2.75) is 52.4 Å². The number of nitrogens with zero attached hydrogens (tertiary/aromatic N) is 4. The molecule has 0 unspecified atom stereocenters. The molecule has 1 aromatic carbocycles. The van der Waals surface area contributed by atoms with Gasteiger partial charge in [-0.25, -0.2) is 9.78 Å². The van der Waals surface area contributed by atoms with Crippen molar-refractivity contribution in [3.63, 3.8) is 0 Å². The van der Waals surface area contributed by atoms with Gasteiger partial charge in [0, 0.05) is 44.0 Å². The number of rotatable bonds is 12. The van der Waals surface area contributed by atoms with Crippen molar-refractivity contribution in [1.82, 2.24) is 14.5 Å². The average Bonchev–Trinajstić information content (AvgIpc) is 2.89. The van der Waals surface area contributed by atoms with Gasteiger partial charge in [-0.2, -0.15) is 18.2 Å². The molecule has 0 aliphatic carbocycles. The number of methoxy groups -OCH3 is 1. The quantitative estimate of drug-likeness (QED) is 0.344. The number of hydrogen-bond acceptors (Lipinski definition) is 7. The van der Waals surface area contributed by atoms with E-state index >= 15 is 0 Å². The molecule has 0 aliphatic heterocycles. The zero-order valence-electron chi connectivity index (χ0n) is 22.2. The third kappa shape index (κ3) is 7.27. The second-order valence-electron chi connectivity index (χ2n) is 8.79. The third-order valence-corrected chi connectivity index (χ3v) is 6.27. The molecule has 39 heavy (non-hydrogen) atoms. The summed E-state index contributed by atoms with van der Waals surface area (Å²) in [6.07, 6.45) is -3.14. The number of carboxylic acid groups (broad SMARTS) is 1. The highest BCUT2D eigenvalue weighted by atomic mass is 19.4. The Morgan fingerprint density at radius 3 is 2.36 bits per heavy atom. The van der Waals surface area contributed by atoms with Crippen LogP contribution in [-0.2, 0) is 24.2 Å². The van der Waals surface area contributed by atoms with Crippen LogP contribution < -0.4 is 20.5 Å². The van der Waals surface area contributed by atoms with Crippen LogP contribution in [0.3, 0.4) is 0 Å². The van der Waals surface area contributed by atoms with Crippen molar-refractivity contribution in [3.8, 4) is 16.9 Å². The van der Waals surface area contributed by atoms with Crippen LogP contribution in [-0.4, -0.2) is 58.0 Å². The standard InChI is InChI=1S/C27H32F3N5O4/c1-5-34(6-2)26-31-16-19(15-27(28,29)30)23(33-26)32-20(25(37)38)14-17-8-10-18(11-9-17)22-21(39-4)12-13-35(7-3)24(22)36/h8-13,16,20H,5-7,14-15H2,1-4H3,(H,37,38)(H,31,32,33)/t20-/m0/s1. The van der Waals surface area contributed by atoms with Crippen LogP contribution in [0.25, 0.3) is 11.1 Å². The number of benzene rings is 1. The fourth-order valence-corrected chi connectivity index (χ4v) is 4.18. The maximum absolute atomic E-state index is 13.2. The van der Waals surface area contributed by atoms with E-state index in [1.165, 1.54) is 7.11 Å². The van der Waals surface area contributed by atoms with Crippen molar-refractivity contribution in [2.24, 2.45) is 0 Å². The molecule has 3 aromatic rings. The molecular weight excluding hydrogens is 515 g/mol. The molecule has 0 fully saturated rings. The molecule has 0 radical (unpaired) electrons. The summed E-state index contributed by atoms with van der Waals surface area (Å²) in [5.74, 6) is -0.818. The molecule has 2 aromatic heterocycles. The first-order valence-corrected chi connectivity index (χ1v) is 12.5. The predicted octanol–water partition coefficient (Wildman–Crippen LogP) is 4.39. The smallest absolute Gasteiger partial charge is 0.393 e. The van der Waals surface area contributed by atoms with Crippen LogP contribution in [0.1, 0.15) is 31.9 Å². The Kier molecular flexibility index (Phi) is 9.55. The molecule has 2 N–H and O–H groups in total. The van der Waals surface area contributed by atoms with E-state index in [1.807, 2.05) is 20.8 Å². The summed E-state index contributed by atoms with van der Waals surface area (Å²) >= 11 is 0. The molecule has 2 heterocycles. The van der Waals surface area contributed by atoms with Crippen LogP contribution in [0.2, 0.25) is 0 Å². The van der Waals surface area contributed by atoms with Crippen LogP contribution in [0.4, 0.5) is 24.9 Å². The molecule has 3 rings (SSSR count). The van der Waals surface area contributed by atoms with Crippen molar-refractivity contribution < 1.29 is 27.8 Å². The SMILES string of the molecule is CCN(CC)c1ncc(CC(F)(F)F)c(N[C@@H](Cc2ccc(-c3c(OC)ccn(CC)c3=O)cc2)C(=O)O)n1. The van der Waals surface area contributed by atoms with Crippen LogP contribution >= 0.6 is 0 Å².